The van der Waals surface area contributed by atoms with Gasteiger partial charge in [-0.3, -0.25) is 14.5 Å². The van der Waals surface area contributed by atoms with Gasteiger partial charge in [-0.05, 0) is 43.5 Å². The van der Waals surface area contributed by atoms with Crippen LogP contribution >= 0.6 is 0 Å². The number of H-pyrrole nitrogens is 1. The number of carbonyl (C=O) groups is 2. The molecule has 1 atom stereocenters. The molecule has 5 rings (SSSR count). The van der Waals surface area contributed by atoms with Crippen molar-refractivity contribution in [2.24, 2.45) is 0 Å². The fourth-order valence-electron chi connectivity index (χ4n) is 5.33. The summed E-state index contributed by atoms with van der Waals surface area (Å²) in [6, 6.07) is 5.91. The zero-order valence-corrected chi connectivity index (χ0v) is 18.3. The van der Waals surface area contributed by atoms with Crippen LogP contribution in [-0.2, 0) is 26.3 Å². The monoisotopic (exact) mass is 426 g/mol. The lowest BCUT2D eigenvalue weighted by Gasteiger charge is -2.49. The first kappa shape index (κ1) is 20.3. The number of methoxy groups -OCH3 is 1. The number of hydrogen-bond donors (Lipinski definition) is 1. The second-order valence-electron chi connectivity index (χ2n) is 8.79. The summed E-state index contributed by atoms with van der Waals surface area (Å²) in [5.41, 5.74) is 1.94. The average Bonchev–Trinajstić information content (AvgIpc) is 3.17. The molecular weight excluding hydrogens is 396 g/mol. The summed E-state index contributed by atoms with van der Waals surface area (Å²) in [5, 5.41) is 1.07. The molecule has 0 radical (unpaired) electrons. The minimum Gasteiger partial charge on any atom is -0.497 e. The lowest BCUT2D eigenvalue weighted by Crippen LogP contribution is -2.67. The average molecular weight is 427 g/mol. The number of aromatic nitrogens is 1. The topological polar surface area (TPSA) is 78.1 Å². The number of hydrogen-bond acceptors (Lipinski definition) is 5. The SMILES string of the molecule is COc1ccc2[nH]c3c(c2c1)CCN1C(=O)CN(CCCN2CCOCC2)C(=O)[C@@]31C. The molecule has 4 heterocycles. The number of aromatic amines is 1. The summed E-state index contributed by atoms with van der Waals surface area (Å²) >= 11 is 0. The molecule has 8 heteroatoms. The van der Waals surface area contributed by atoms with Gasteiger partial charge in [-0.15, -0.1) is 0 Å². The van der Waals surface area contributed by atoms with Crippen molar-refractivity contribution in [3.05, 3.63) is 29.5 Å². The van der Waals surface area contributed by atoms with Gasteiger partial charge in [0, 0.05) is 43.6 Å². The summed E-state index contributed by atoms with van der Waals surface area (Å²) in [5.74, 6) is 0.821. The summed E-state index contributed by atoms with van der Waals surface area (Å²) in [6.07, 6.45) is 1.58. The Labute approximate surface area is 182 Å². The van der Waals surface area contributed by atoms with Crippen LogP contribution in [0.4, 0.5) is 0 Å². The smallest absolute Gasteiger partial charge is 0.254 e. The van der Waals surface area contributed by atoms with Gasteiger partial charge < -0.3 is 24.3 Å². The molecule has 0 spiro atoms. The van der Waals surface area contributed by atoms with Crippen molar-refractivity contribution in [2.45, 2.75) is 25.3 Å². The van der Waals surface area contributed by atoms with Crippen molar-refractivity contribution in [2.75, 3.05) is 59.6 Å². The van der Waals surface area contributed by atoms with Crippen LogP contribution in [0.1, 0.15) is 24.6 Å². The third-order valence-electron chi connectivity index (χ3n) is 7.06. The number of benzene rings is 1. The third-order valence-corrected chi connectivity index (χ3v) is 7.06. The van der Waals surface area contributed by atoms with Crippen LogP contribution in [-0.4, -0.2) is 91.1 Å². The first-order valence-corrected chi connectivity index (χ1v) is 11.1. The molecule has 2 fully saturated rings. The Hall–Kier alpha value is -2.58. The van der Waals surface area contributed by atoms with E-state index in [0.29, 0.717) is 13.1 Å². The van der Waals surface area contributed by atoms with Crippen molar-refractivity contribution in [1.29, 1.82) is 0 Å². The van der Waals surface area contributed by atoms with Crippen LogP contribution in [0.25, 0.3) is 10.9 Å². The molecule has 3 aliphatic heterocycles. The number of nitrogens with one attached hydrogen (secondary N) is 1. The van der Waals surface area contributed by atoms with Gasteiger partial charge in [-0.2, -0.15) is 0 Å². The Balaban J connectivity index is 1.41. The van der Waals surface area contributed by atoms with Gasteiger partial charge in [0.25, 0.3) is 5.91 Å². The van der Waals surface area contributed by atoms with Gasteiger partial charge in [0.15, 0.2) is 5.54 Å². The van der Waals surface area contributed by atoms with Crippen LogP contribution in [0.5, 0.6) is 5.75 Å². The summed E-state index contributed by atoms with van der Waals surface area (Å²) in [7, 11) is 1.65. The quantitative estimate of drug-likeness (QED) is 0.781. The maximum Gasteiger partial charge on any atom is 0.254 e. The van der Waals surface area contributed by atoms with E-state index in [1.807, 2.05) is 25.1 Å². The van der Waals surface area contributed by atoms with Crippen molar-refractivity contribution in [1.82, 2.24) is 19.7 Å². The summed E-state index contributed by atoms with van der Waals surface area (Å²) in [6.45, 7) is 7.52. The van der Waals surface area contributed by atoms with Crippen molar-refractivity contribution in [3.8, 4) is 5.75 Å². The molecule has 166 valence electrons. The molecule has 31 heavy (non-hydrogen) atoms. The Morgan fingerprint density at radius 3 is 2.74 bits per heavy atom. The second-order valence-corrected chi connectivity index (χ2v) is 8.79. The highest BCUT2D eigenvalue weighted by Gasteiger charge is 2.53. The van der Waals surface area contributed by atoms with E-state index in [4.69, 9.17) is 9.47 Å². The Bertz CT molecular complexity index is 1010. The molecule has 0 aliphatic carbocycles. The maximum absolute atomic E-state index is 13.7. The lowest BCUT2D eigenvalue weighted by atomic mass is 9.83. The predicted molar refractivity (Wildman–Crippen MR) is 116 cm³/mol. The first-order chi connectivity index (χ1) is 15.0. The number of rotatable bonds is 5. The van der Waals surface area contributed by atoms with Gasteiger partial charge in [0.2, 0.25) is 5.91 Å². The number of nitrogens with zero attached hydrogens (tertiary/aromatic N) is 3. The van der Waals surface area contributed by atoms with Gasteiger partial charge in [0.1, 0.15) is 5.75 Å². The molecule has 1 aromatic heterocycles. The van der Waals surface area contributed by atoms with E-state index >= 15 is 0 Å². The van der Waals surface area contributed by atoms with E-state index in [2.05, 4.69) is 9.88 Å². The van der Waals surface area contributed by atoms with E-state index in [-0.39, 0.29) is 18.4 Å². The molecule has 2 amide bonds. The predicted octanol–water partition coefficient (Wildman–Crippen LogP) is 1.34. The highest BCUT2D eigenvalue weighted by atomic mass is 16.5. The molecule has 0 unspecified atom stereocenters. The van der Waals surface area contributed by atoms with E-state index < -0.39 is 5.54 Å². The van der Waals surface area contributed by atoms with Crippen LogP contribution in [0, 0.1) is 0 Å². The first-order valence-electron chi connectivity index (χ1n) is 11.1. The molecule has 0 bridgehead atoms. The fourth-order valence-corrected chi connectivity index (χ4v) is 5.33. The van der Waals surface area contributed by atoms with Gasteiger partial charge in [-0.25, -0.2) is 0 Å². The zero-order chi connectivity index (χ0) is 21.6. The van der Waals surface area contributed by atoms with Crippen molar-refractivity contribution < 1.29 is 19.1 Å². The molecule has 2 aromatic rings. The minimum absolute atomic E-state index is 0.00792. The van der Waals surface area contributed by atoms with Gasteiger partial charge >= 0.3 is 0 Å². The number of ether oxygens (including phenoxy) is 2. The van der Waals surface area contributed by atoms with Gasteiger partial charge in [0.05, 0.1) is 32.6 Å². The van der Waals surface area contributed by atoms with E-state index in [9.17, 15) is 9.59 Å². The Morgan fingerprint density at radius 1 is 1.16 bits per heavy atom. The summed E-state index contributed by atoms with van der Waals surface area (Å²) < 4.78 is 10.8. The highest BCUT2D eigenvalue weighted by Crippen LogP contribution is 2.42. The van der Waals surface area contributed by atoms with Crippen molar-refractivity contribution >= 4 is 22.7 Å². The molecule has 3 aliphatic rings. The minimum atomic E-state index is -0.992. The number of fused-ring (bicyclic) bond motifs is 5. The standard InChI is InChI=1S/C23H30N4O4/c1-23-21-17(18-14-16(30-2)4-5-19(18)24-21)6-9-27(23)20(28)15-26(22(23)29)8-3-7-25-10-12-31-13-11-25/h4-5,14,24H,3,6-13,15H2,1-2H3/t23-/m1/s1. The normalized spacial score (nSPS) is 24.5. The number of amides is 2. The molecule has 2 saturated heterocycles. The summed E-state index contributed by atoms with van der Waals surface area (Å²) in [4.78, 5) is 36.1. The molecule has 1 aromatic carbocycles. The largest absolute Gasteiger partial charge is 0.497 e. The van der Waals surface area contributed by atoms with Crippen molar-refractivity contribution in [3.63, 3.8) is 0 Å². The molecule has 8 nitrogen and oxygen atoms in total. The molecular formula is C23H30N4O4. The zero-order valence-electron chi connectivity index (χ0n) is 18.3. The number of morpholine rings is 1. The molecule has 0 saturated carbocycles. The number of carbonyl (C=O) groups excluding carboxylic acids is 2. The Kier molecular flexibility index (Phi) is 5.14. The van der Waals surface area contributed by atoms with E-state index in [1.165, 1.54) is 0 Å². The molecule has 1 N–H and O–H groups in total. The fraction of sp³-hybridized carbons (Fsp3) is 0.565. The number of piperazine rings is 1. The Morgan fingerprint density at radius 2 is 1.97 bits per heavy atom. The van der Waals surface area contributed by atoms with Crippen LogP contribution < -0.4 is 4.74 Å². The highest BCUT2D eigenvalue weighted by molar-refractivity contribution is 6.00. The second kappa shape index (κ2) is 7.84. The van der Waals surface area contributed by atoms with Crippen LogP contribution in [0.15, 0.2) is 18.2 Å². The lowest BCUT2D eigenvalue weighted by molar-refractivity contribution is -0.166. The van der Waals surface area contributed by atoms with E-state index in [1.54, 1.807) is 16.9 Å². The van der Waals surface area contributed by atoms with Crippen LogP contribution in [0.3, 0.4) is 0 Å². The van der Waals surface area contributed by atoms with Crippen LogP contribution in [0.2, 0.25) is 0 Å². The van der Waals surface area contributed by atoms with Gasteiger partial charge in [-0.1, -0.05) is 0 Å². The van der Waals surface area contributed by atoms with E-state index in [0.717, 1.165) is 73.6 Å². The third kappa shape index (κ3) is 3.29. The maximum atomic E-state index is 13.7.